The van der Waals surface area contributed by atoms with Gasteiger partial charge in [-0.05, 0) is 76.6 Å². The van der Waals surface area contributed by atoms with Crippen molar-refractivity contribution in [3.8, 4) is 44.8 Å². The summed E-state index contributed by atoms with van der Waals surface area (Å²) in [6.07, 6.45) is 0. The van der Waals surface area contributed by atoms with Crippen LogP contribution in [0.25, 0.3) is 109 Å². The Bertz CT molecular complexity index is 5470. The maximum atomic E-state index is 10.2. The molecular formula is C54H34N2S. The van der Waals surface area contributed by atoms with Gasteiger partial charge in [0, 0.05) is 52.8 Å². The van der Waals surface area contributed by atoms with Gasteiger partial charge in [0.25, 0.3) is 0 Å². The summed E-state index contributed by atoms with van der Waals surface area (Å²) in [5, 5.41) is -3.58. The van der Waals surface area contributed by atoms with Crippen LogP contribution < -0.4 is 0 Å². The normalized spacial score (nSPS) is 20.2. The number of nitrogens with zero attached hydrogens (tertiary/aromatic N) is 2. The van der Waals surface area contributed by atoms with Crippen LogP contribution in [0.2, 0.25) is 0 Å². The molecule has 0 saturated heterocycles. The second kappa shape index (κ2) is 12.7. The molecule has 0 bridgehead atoms. The quantitative estimate of drug-likeness (QED) is 0.165. The van der Waals surface area contributed by atoms with E-state index in [0.717, 1.165) is 4.57 Å². The van der Waals surface area contributed by atoms with Gasteiger partial charge in [-0.15, -0.1) is 11.3 Å². The van der Waals surface area contributed by atoms with E-state index in [4.69, 9.17) is 24.7 Å². The van der Waals surface area contributed by atoms with E-state index in [1.807, 2.05) is 0 Å². The van der Waals surface area contributed by atoms with Crippen LogP contribution >= 0.6 is 11.3 Å². The van der Waals surface area contributed by atoms with Gasteiger partial charge >= 0.3 is 0 Å². The molecule has 3 heteroatoms. The molecule has 0 unspecified atom stereocenters. The highest BCUT2D eigenvalue weighted by Crippen LogP contribution is 2.46. The largest absolute Gasteiger partial charge is 0.309 e. The standard InChI is InChI=1S/C54H34N2S/c1-3-15-35(16-4-1)39-19-7-11-23-46(39)55-47-24-12-8-20-40(47)44-33-37(27-30-49(44)55)38-28-31-50-45(34-38)41-21-9-13-25-48(41)56(50)51-32-29-43-42-22-10-14-26-52(42)57-54(43)53(51)36-17-5-2-6-18-36/h1-34H/i1D,2D,3D,4D,5D,6D,7D,8D,9D,10D,11D,12D,13D,14D,15D,16D,17D,18D,19D,20D,21D,22D,23D,24D,25D,26D,27D,28D,29D,30D,31D,32D,33D,34D. The Morgan fingerprint density at radius 2 is 0.842 bits per heavy atom. The molecule has 0 spiro atoms. The van der Waals surface area contributed by atoms with Crippen molar-refractivity contribution in [2.24, 2.45) is 0 Å². The van der Waals surface area contributed by atoms with Crippen molar-refractivity contribution in [1.29, 1.82) is 0 Å². The van der Waals surface area contributed by atoms with E-state index in [0.29, 0.717) is 15.9 Å². The van der Waals surface area contributed by atoms with Gasteiger partial charge in [0.15, 0.2) is 0 Å². The van der Waals surface area contributed by atoms with Gasteiger partial charge in [0.2, 0.25) is 0 Å². The molecule has 0 amide bonds. The van der Waals surface area contributed by atoms with Crippen molar-refractivity contribution in [2.75, 3.05) is 0 Å². The van der Waals surface area contributed by atoms with Gasteiger partial charge in [-0.1, -0.05) is 151 Å². The van der Waals surface area contributed by atoms with Crippen molar-refractivity contribution in [3.63, 3.8) is 0 Å². The molecule has 9 aromatic carbocycles. The molecule has 0 saturated carbocycles. The van der Waals surface area contributed by atoms with E-state index in [1.54, 1.807) is 0 Å². The fraction of sp³-hybridized carbons (Fsp3) is 0. The molecule has 0 aliphatic rings. The SMILES string of the molecule is [2H]c1c([2H])c([2H])c(-c2c([2H])c([2H])c([2H])c([2H])c2-n2c3c([2H])c([2H])c([2H])c([2H])c3c3c([2H])c(-c4c([2H])c([2H])c5c(c4[2H])c4c([2H])c([2H])c([2H])c([2H])c4n5-c4c([2H])c([2H])c5c(sc6c([2H])c([2H])c([2H])c([2H])c65)c4-c4c([2H])c([2H])c([2H])c([2H])c4[2H])c([2H])c([2H])c32)c([2H])c1[2H]. The van der Waals surface area contributed by atoms with Crippen molar-refractivity contribution >= 4 is 75.1 Å². The number of fused-ring (bicyclic) bond motifs is 9. The van der Waals surface area contributed by atoms with Gasteiger partial charge in [-0.25, -0.2) is 0 Å². The third kappa shape index (κ3) is 4.89. The van der Waals surface area contributed by atoms with Gasteiger partial charge in [0.1, 0.15) is 0 Å². The number of hydrogen-bond acceptors (Lipinski definition) is 1. The average Bonchev–Trinajstić information content (AvgIpc) is 1.56. The lowest BCUT2D eigenvalue weighted by Crippen LogP contribution is -1.97. The summed E-state index contributed by atoms with van der Waals surface area (Å²) in [6, 6.07) is -33.1. The molecule has 0 aliphatic heterocycles. The maximum Gasteiger partial charge on any atom is 0.0645 e. The average molecular weight is 777 g/mol. The number of thiophene rings is 1. The second-order valence-electron chi connectivity index (χ2n) is 12.3. The molecule has 2 nitrogen and oxygen atoms in total. The summed E-state index contributed by atoms with van der Waals surface area (Å²) in [6.45, 7) is 0. The van der Waals surface area contributed by atoms with E-state index < -0.39 is 299 Å². The summed E-state index contributed by atoms with van der Waals surface area (Å²) in [5.74, 6) is 0. The molecular weight excluding hydrogens is 709 g/mol. The van der Waals surface area contributed by atoms with Crippen molar-refractivity contribution in [2.45, 2.75) is 0 Å². The molecule has 0 radical (unpaired) electrons. The lowest BCUT2D eigenvalue weighted by Gasteiger charge is -2.15. The first-order valence-electron chi connectivity index (χ1n) is 33.7. The van der Waals surface area contributed by atoms with Crippen molar-refractivity contribution < 1.29 is 46.6 Å². The highest BCUT2D eigenvalue weighted by molar-refractivity contribution is 7.26. The van der Waals surface area contributed by atoms with E-state index in [1.165, 1.54) is 0 Å². The van der Waals surface area contributed by atoms with E-state index >= 15 is 0 Å². The third-order valence-electron chi connectivity index (χ3n) is 9.28. The highest BCUT2D eigenvalue weighted by Gasteiger charge is 2.21. The fourth-order valence-electron chi connectivity index (χ4n) is 6.94. The highest BCUT2D eigenvalue weighted by atomic mass is 32.1. The summed E-state index contributed by atoms with van der Waals surface area (Å²) in [4.78, 5) is 0. The molecule has 0 N–H and O–H groups in total. The minimum absolute atomic E-state index is 0.235. The number of rotatable bonds is 5. The second-order valence-corrected chi connectivity index (χ2v) is 13.3. The molecule has 0 atom stereocenters. The fourth-order valence-corrected chi connectivity index (χ4v) is 8.06. The minimum atomic E-state index is -1.16. The van der Waals surface area contributed by atoms with Crippen LogP contribution in [0.1, 0.15) is 46.6 Å². The van der Waals surface area contributed by atoms with Crippen molar-refractivity contribution in [1.82, 2.24) is 9.13 Å². The molecule has 57 heavy (non-hydrogen) atoms. The summed E-state index contributed by atoms with van der Waals surface area (Å²) in [5.41, 5.74) is -9.65. The van der Waals surface area contributed by atoms with Crippen LogP contribution in [0.4, 0.5) is 0 Å². The number of aromatic nitrogens is 2. The summed E-state index contributed by atoms with van der Waals surface area (Å²) in [7, 11) is 0. The predicted octanol–water partition coefficient (Wildman–Crippen LogP) is 15.2. The van der Waals surface area contributed by atoms with Crippen LogP contribution in [-0.2, 0) is 0 Å². The first kappa shape index (κ1) is 13.2. The molecule has 3 heterocycles. The maximum absolute atomic E-state index is 10.2. The molecule has 3 aromatic heterocycles. The van der Waals surface area contributed by atoms with E-state index in [9.17, 15) is 21.9 Å². The van der Waals surface area contributed by atoms with E-state index in [-0.39, 0.29) is 14.8 Å². The Hall–Kier alpha value is -7.20. The van der Waals surface area contributed by atoms with Gasteiger partial charge in [-0.2, -0.15) is 0 Å². The lowest BCUT2D eigenvalue weighted by molar-refractivity contribution is 1.18. The molecule has 12 rings (SSSR count). The van der Waals surface area contributed by atoms with Crippen LogP contribution in [0.3, 0.4) is 0 Å². The van der Waals surface area contributed by atoms with Crippen LogP contribution in [0.5, 0.6) is 0 Å². The Morgan fingerprint density at radius 3 is 1.51 bits per heavy atom. The van der Waals surface area contributed by atoms with E-state index in [2.05, 4.69) is 0 Å². The number of hydrogen-bond donors (Lipinski definition) is 0. The van der Waals surface area contributed by atoms with Gasteiger partial charge in [-0.3, -0.25) is 0 Å². The molecule has 0 aliphatic carbocycles. The zero-order valence-corrected chi connectivity index (χ0v) is 29.1. The summed E-state index contributed by atoms with van der Waals surface area (Å²) < 4.78 is 312. The smallest absolute Gasteiger partial charge is 0.0645 e. The Morgan fingerprint density at radius 1 is 0.333 bits per heavy atom. The van der Waals surface area contributed by atoms with Crippen LogP contribution in [0, 0.1) is 0 Å². The predicted molar refractivity (Wildman–Crippen MR) is 244 cm³/mol. The molecule has 266 valence electrons. The topological polar surface area (TPSA) is 9.86 Å². The zero-order valence-electron chi connectivity index (χ0n) is 62.3. The molecule has 0 fully saturated rings. The first-order chi connectivity index (χ1) is 42.4. The van der Waals surface area contributed by atoms with Gasteiger partial charge in [0.05, 0.1) is 80.0 Å². The first-order valence-corrected chi connectivity index (χ1v) is 17.6. The molecule has 12 aromatic rings. The number of benzene rings is 9. The van der Waals surface area contributed by atoms with Crippen LogP contribution in [0.15, 0.2) is 205 Å². The minimum Gasteiger partial charge on any atom is -0.309 e. The van der Waals surface area contributed by atoms with Crippen molar-refractivity contribution in [3.05, 3.63) is 205 Å². The number of para-hydroxylation sites is 3. The zero-order chi connectivity index (χ0) is 67.0. The summed E-state index contributed by atoms with van der Waals surface area (Å²) >= 11 is 0.543. The van der Waals surface area contributed by atoms with Crippen LogP contribution in [-0.4, -0.2) is 9.13 Å². The lowest BCUT2D eigenvalue weighted by atomic mass is 9.99. The Balaban J connectivity index is 1.31. The third-order valence-corrected chi connectivity index (χ3v) is 10.4. The monoisotopic (exact) mass is 776 g/mol. The Kier molecular flexibility index (Phi) is 2.93. The Labute approximate surface area is 381 Å². The van der Waals surface area contributed by atoms with Gasteiger partial charge < -0.3 is 9.13 Å².